The predicted octanol–water partition coefficient (Wildman–Crippen LogP) is 6.29. The fourth-order valence-corrected chi connectivity index (χ4v) is 7.54. The summed E-state index contributed by atoms with van der Waals surface area (Å²) in [6.07, 6.45) is 5.50. The van der Waals surface area contributed by atoms with Crippen molar-refractivity contribution in [2.45, 2.75) is 69.0 Å². The molecule has 40 heavy (non-hydrogen) atoms. The Hall–Kier alpha value is -3.60. The van der Waals surface area contributed by atoms with Gasteiger partial charge in [0.05, 0.1) is 5.60 Å². The normalized spacial score (nSPS) is 27.4. The summed E-state index contributed by atoms with van der Waals surface area (Å²) in [5, 5.41) is 24.2. The van der Waals surface area contributed by atoms with Crippen molar-refractivity contribution in [3.63, 3.8) is 0 Å². The third-order valence-corrected chi connectivity index (χ3v) is 9.68. The number of hydrogen-bond acceptors (Lipinski definition) is 4. The topological polar surface area (TPSA) is 70.4 Å². The molecule has 2 aliphatic carbocycles. The lowest BCUT2D eigenvalue weighted by molar-refractivity contribution is -0.204. The van der Waals surface area contributed by atoms with Gasteiger partial charge in [-0.3, -0.25) is 9.78 Å². The molecular formula is C36H37NO3. The number of aryl methyl sites for hydroxylation is 2. The molecule has 0 aliphatic heterocycles. The molecule has 1 aromatic heterocycles. The Morgan fingerprint density at radius 1 is 0.950 bits per heavy atom. The Bertz CT molecular complexity index is 1530. The average Bonchev–Trinajstić information content (AvgIpc) is 2.96. The summed E-state index contributed by atoms with van der Waals surface area (Å²) in [6.45, 7) is 3.74. The first-order valence-corrected chi connectivity index (χ1v) is 14.3. The Morgan fingerprint density at radius 2 is 1.68 bits per heavy atom. The van der Waals surface area contributed by atoms with E-state index in [4.69, 9.17) is 0 Å². The van der Waals surface area contributed by atoms with E-state index in [-0.39, 0.29) is 17.1 Å². The number of rotatable bonds is 6. The van der Waals surface area contributed by atoms with Crippen LogP contribution < -0.4 is 0 Å². The first-order valence-electron chi connectivity index (χ1n) is 14.3. The van der Waals surface area contributed by atoms with Crippen LogP contribution in [0.15, 0.2) is 97.2 Å². The molecule has 3 aromatic carbocycles. The minimum Gasteiger partial charge on any atom is -0.387 e. The monoisotopic (exact) mass is 531 g/mol. The Balaban J connectivity index is 1.41. The molecule has 0 radical (unpaired) electrons. The molecule has 204 valence electrons. The number of ketones is 1. The number of aliphatic hydroxyl groups is 2. The number of benzene rings is 3. The van der Waals surface area contributed by atoms with Crippen LogP contribution in [-0.2, 0) is 30.3 Å². The van der Waals surface area contributed by atoms with Crippen LogP contribution in [0.1, 0.15) is 70.1 Å². The number of fused-ring (bicyclic) bond motifs is 3. The maximum atomic E-state index is 13.3. The number of aromatic nitrogens is 1. The van der Waals surface area contributed by atoms with Crippen molar-refractivity contribution in [3.8, 4) is 0 Å². The van der Waals surface area contributed by atoms with Crippen LogP contribution in [0.2, 0.25) is 0 Å². The van der Waals surface area contributed by atoms with E-state index in [0.717, 1.165) is 41.6 Å². The molecule has 1 fully saturated rings. The zero-order chi connectivity index (χ0) is 28.0. The highest BCUT2D eigenvalue weighted by molar-refractivity contribution is 5.98. The average molecular weight is 532 g/mol. The van der Waals surface area contributed by atoms with E-state index in [1.54, 1.807) is 13.1 Å². The Labute approximate surface area is 236 Å². The summed E-state index contributed by atoms with van der Waals surface area (Å²) in [4.78, 5) is 17.7. The zero-order valence-electron chi connectivity index (χ0n) is 23.3. The molecule has 4 atom stereocenters. The first kappa shape index (κ1) is 26.6. The van der Waals surface area contributed by atoms with Crippen LogP contribution in [-0.4, -0.2) is 26.6 Å². The molecule has 0 amide bonds. The van der Waals surface area contributed by atoms with E-state index < -0.39 is 11.2 Å². The number of nitrogens with zero attached hydrogens (tertiary/aromatic N) is 1. The number of carbonyl (C=O) groups is 1. The Kier molecular flexibility index (Phi) is 6.72. The van der Waals surface area contributed by atoms with Gasteiger partial charge >= 0.3 is 0 Å². The summed E-state index contributed by atoms with van der Waals surface area (Å²) in [7, 11) is 0. The molecule has 4 heteroatoms. The van der Waals surface area contributed by atoms with Crippen molar-refractivity contribution in [1.82, 2.24) is 4.98 Å². The van der Waals surface area contributed by atoms with Crippen molar-refractivity contribution < 1.29 is 15.0 Å². The van der Waals surface area contributed by atoms with Gasteiger partial charge in [0.25, 0.3) is 0 Å². The van der Waals surface area contributed by atoms with E-state index in [1.807, 2.05) is 61.5 Å². The highest BCUT2D eigenvalue weighted by Crippen LogP contribution is 2.59. The highest BCUT2D eigenvalue weighted by atomic mass is 16.4. The van der Waals surface area contributed by atoms with Gasteiger partial charge in [-0.25, -0.2) is 0 Å². The fraction of sp³-hybridized carbons (Fsp3) is 0.333. The SMILES string of the molecule is Cc1ncccc1CC(=O)c1ccc2c(c1)CC[C@@H]1C[C@@](O)(c3ccccc3)[C@](C)(O)C[C@@]21Cc1ccccc1. The molecule has 4 aromatic rings. The molecule has 1 heterocycles. The second-order valence-electron chi connectivity index (χ2n) is 12.2. The summed E-state index contributed by atoms with van der Waals surface area (Å²) >= 11 is 0. The van der Waals surface area contributed by atoms with Gasteiger partial charge in [0.1, 0.15) is 5.60 Å². The van der Waals surface area contributed by atoms with Gasteiger partial charge in [-0.15, -0.1) is 0 Å². The van der Waals surface area contributed by atoms with Crippen molar-refractivity contribution >= 4 is 5.78 Å². The zero-order valence-corrected chi connectivity index (χ0v) is 23.3. The minimum absolute atomic E-state index is 0.0900. The molecule has 0 unspecified atom stereocenters. The number of hydrogen-bond donors (Lipinski definition) is 2. The third kappa shape index (κ3) is 4.49. The number of carbonyl (C=O) groups excluding carboxylic acids is 1. The standard InChI is InChI=1S/C36H37NO3/c1-25-27(12-9-19-37-25)21-33(38)29-16-18-32-28(20-29)15-17-31-23-36(40,30-13-7-4-8-14-30)34(2,39)24-35(31,32)22-26-10-5-3-6-11-26/h3-14,16,18-20,31,39-40H,15,17,21-24H2,1-2H3/t31-,34-,35-,36-/m1/s1. The van der Waals surface area contributed by atoms with Gasteiger partial charge in [0.15, 0.2) is 5.78 Å². The molecule has 6 rings (SSSR count). The maximum absolute atomic E-state index is 13.3. The molecule has 2 N–H and O–H groups in total. The van der Waals surface area contributed by atoms with Crippen LogP contribution >= 0.6 is 0 Å². The maximum Gasteiger partial charge on any atom is 0.167 e. The summed E-state index contributed by atoms with van der Waals surface area (Å²) < 4.78 is 0. The lowest BCUT2D eigenvalue weighted by Gasteiger charge is -2.59. The molecule has 0 bridgehead atoms. The van der Waals surface area contributed by atoms with Gasteiger partial charge in [-0.2, -0.15) is 0 Å². The predicted molar refractivity (Wildman–Crippen MR) is 157 cm³/mol. The van der Waals surface area contributed by atoms with E-state index in [1.165, 1.54) is 16.7 Å². The van der Waals surface area contributed by atoms with Gasteiger partial charge in [-0.05, 0) is 91.8 Å². The van der Waals surface area contributed by atoms with E-state index in [9.17, 15) is 15.0 Å². The summed E-state index contributed by atoms with van der Waals surface area (Å²) in [5.74, 6) is 0.262. The molecule has 2 aliphatic rings. The van der Waals surface area contributed by atoms with Crippen LogP contribution in [0.4, 0.5) is 0 Å². The van der Waals surface area contributed by atoms with Crippen molar-refractivity contribution in [1.29, 1.82) is 0 Å². The molecule has 0 saturated heterocycles. The number of pyridine rings is 1. The van der Waals surface area contributed by atoms with Crippen molar-refractivity contribution in [3.05, 3.63) is 136 Å². The first-order chi connectivity index (χ1) is 19.2. The van der Waals surface area contributed by atoms with Crippen LogP contribution in [0, 0.1) is 12.8 Å². The second kappa shape index (κ2) is 10.1. The lowest BCUT2D eigenvalue weighted by atomic mass is 9.48. The van der Waals surface area contributed by atoms with Crippen LogP contribution in [0.3, 0.4) is 0 Å². The Morgan fingerprint density at radius 3 is 2.40 bits per heavy atom. The highest BCUT2D eigenvalue weighted by Gasteiger charge is 2.61. The quantitative estimate of drug-likeness (QED) is 0.287. The van der Waals surface area contributed by atoms with Gasteiger partial charge < -0.3 is 10.2 Å². The molecule has 4 nitrogen and oxygen atoms in total. The van der Waals surface area contributed by atoms with E-state index in [0.29, 0.717) is 19.3 Å². The third-order valence-electron chi connectivity index (χ3n) is 9.68. The lowest BCUT2D eigenvalue weighted by Crippen LogP contribution is -2.62. The molecule has 0 spiro atoms. The van der Waals surface area contributed by atoms with Crippen LogP contribution in [0.5, 0.6) is 0 Å². The van der Waals surface area contributed by atoms with E-state index >= 15 is 0 Å². The minimum atomic E-state index is -1.35. The molecular weight excluding hydrogens is 494 g/mol. The second-order valence-corrected chi connectivity index (χ2v) is 12.2. The van der Waals surface area contributed by atoms with Gasteiger partial charge in [0, 0.05) is 29.3 Å². The summed E-state index contributed by atoms with van der Waals surface area (Å²) in [5.41, 5.74) is 3.88. The smallest absolute Gasteiger partial charge is 0.167 e. The molecule has 1 saturated carbocycles. The largest absolute Gasteiger partial charge is 0.387 e. The van der Waals surface area contributed by atoms with Crippen molar-refractivity contribution in [2.75, 3.05) is 0 Å². The summed E-state index contributed by atoms with van der Waals surface area (Å²) in [6, 6.07) is 30.1. The number of Topliss-reactive ketones (excluding diaryl/α,β-unsaturated/α-hetero) is 1. The van der Waals surface area contributed by atoms with Crippen LogP contribution in [0.25, 0.3) is 0 Å². The fourth-order valence-electron chi connectivity index (χ4n) is 7.54. The van der Waals surface area contributed by atoms with Crippen molar-refractivity contribution in [2.24, 2.45) is 5.92 Å². The van der Waals surface area contributed by atoms with E-state index in [2.05, 4.69) is 41.4 Å². The van der Waals surface area contributed by atoms with Gasteiger partial charge in [-0.1, -0.05) is 78.9 Å². The van der Waals surface area contributed by atoms with Gasteiger partial charge in [0.2, 0.25) is 0 Å².